The summed E-state index contributed by atoms with van der Waals surface area (Å²) in [6, 6.07) is 1.60. The SMILES string of the molecule is CC(O)CNc1cc(NN)nc(N)n1. The summed E-state index contributed by atoms with van der Waals surface area (Å²) in [5.41, 5.74) is 7.78. The van der Waals surface area contributed by atoms with Crippen LogP contribution in [0.4, 0.5) is 17.6 Å². The number of aliphatic hydroxyl groups excluding tert-OH is 1. The van der Waals surface area contributed by atoms with Crippen molar-refractivity contribution in [3.8, 4) is 0 Å². The molecule has 14 heavy (non-hydrogen) atoms. The van der Waals surface area contributed by atoms with Crippen LogP contribution >= 0.6 is 0 Å². The molecule has 0 aliphatic carbocycles. The van der Waals surface area contributed by atoms with Crippen LogP contribution in [0.15, 0.2) is 6.07 Å². The lowest BCUT2D eigenvalue weighted by molar-refractivity contribution is 0.208. The fourth-order valence-corrected chi connectivity index (χ4v) is 0.883. The largest absolute Gasteiger partial charge is 0.392 e. The molecule has 7 nitrogen and oxygen atoms in total. The van der Waals surface area contributed by atoms with Crippen molar-refractivity contribution in [3.63, 3.8) is 0 Å². The van der Waals surface area contributed by atoms with Crippen molar-refractivity contribution in [3.05, 3.63) is 6.07 Å². The van der Waals surface area contributed by atoms with E-state index in [-0.39, 0.29) is 5.95 Å². The van der Waals surface area contributed by atoms with Crippen molar-refractivity contribution >= 4 is 17.6 Å². The molecule has 1 aromatic rings. The van der Waals surface area contributed by atoms with Gasteiger partial charge in [0.25, 0.3) is 0 Å². The summed E-state index contributed by atoms with van der Waals surface area (Å²) in [4.78, 5) is 7.71. The van der Waals surface area contributed by atoms with E-state index in [1.807, 2.05) is 0 Å². The average Bonchev–Trinajstić information content (AvgIpc) is 2.14. The first-order valence-corrected chi connectivity index (χ1v) is 4.15. The van der Waals surface area contributed by atoms with Crippen LogP contribution in [0.3, 0.4) is 0 Å². The highest BCUT2D eigenvalue weighted by molar-refractivity contribution is 5.50. The van der Waals surface area contributed by atoms with Crippen molar-refractivity contribution < 1.29 is 5.11 Å². The van der Waals surface area contributed by atoms with E-state index >= 15 is 0 Å². The molecule has 7 heteroatoms. The van der Waals surface area contributed by atoms with Crippen LogP contribution in [-0.2, 0) is 0 Å². The Hall–Kier alpha value is -1.60. The van der Waals surface area contributed by atoms with Gasteiger partial charge in [0.1, 0.15) is 11.6 Å². The maximum absolute atomic E-state index is 9.03. The highest BCUT2D eigenvalue weighted by Gasteiger charge is 2.01. The van der Waals surface area contributed by atoms with Gasteiger partial charge in [-0.3, -0.25) is 0 Å². The van der Waals surface area contributed by atoms with Gasteiger partial charge in [0.2, 0.25) is 5.95 Å². The quantitative estimate of drug-likeness (QED) is 0.315. The molecule has 1 unspecified atom stereocenters. The summed E-state index contributed by atoms with van der Waals surface area (Å²) in [5, 5.41) is 11.9. The standard InChI is InChI=1S/C7H14N6O/c1-4(14)3-10-5-2-6(13-9)12-7(8)11-5/h2,4,14H,3,9H2,1H3,(H4,8,10,11,12,13). The first-order valence-electron chi connectivity index (χ1n) is 4.15. The van der Waals surface area contributed by atoms with Gasteiger partial charge in [0.15, 0.2) is 0 Å². The second-order valence-electron chi connectivity index (χ2n) is 2.87. The Balaban J connectivity index is 2.71. The Bertz CT molecular complexity index is 302. The van der Waals surface area contributed by atoms with E-state index in [1.54, 1.807) is 13.0 Å². The molecule has 0 fully saturated rings. The lowest BCUT2D eigenvalue weighted by Gasteiger charge is -2.09. The third kappa shape index (κ3) is 3.04. The van der Waals surface area contributed by atoms with Crippen molar-refractivity contribution in [1.29, 1.82) is 0 Å². The summed E-state index contributed by atoms with van der Waals surface area (Å²) in [6.45, 7) is 2.06. The minimum absolute atomic E-state index is 0.119. The molecular weight excluding hydrogens is 184 g/mol. The predicted molar refractivity (Wildman–Crippen MR) is 54.4 cm³/mol. The lowest BCUT2D eigenvalue weighted by Crippen LogP contribution is -2.17. The smallest absolute Gasteiger partial charge is 0.223 e. The van der Waals surface area contributed by atoms with E-state index in [0.29, 0.717) is 18.2 Å². The third-order valence-electron chi connectivity index (χ3n) is 1.47. The third-order valence-corrected chi connectivity index (χ3v) is 1.47. The van der Waals surface area contributed by atoms with Gasteiger partial charge in [-0.25, -0.2) is 5.84 Å². The van der Waals surface area contributed by atoms with Gasteiger partial charge in [0, 0.05) is 12.6 Å². The maximum Gasteiger partial charge on any atom is 0.223 e. The van der Waals surface area contributed by atoms with Crippen LogP contribution in [0, 0.1) is 0 Å². The van der Waals surface area contributed by atoms with E-state index in [9.17, 15) is 0 Å². The van der Waals surface area contributed by atoms with Gasteiger partial charge in [0.05, 0.1) is 6.10 Å². The molecule has 0 amide bonds. The van der Waals surface area contributed by atoms with E-state index in [1.165, 1.54) is 0 Å². The number of hydrogen-bond donors (Lipinski definition) is 5. The molecule has 0 saturated carbocycles. The van der Waals surface area contributed by atoms with Gasteiger partial charge >= 0.3 is 0 Å². The summed E-state index contributed by atoms with van der Waals surface area (Å²) < 4.78 is 0. The van der Waals surface area contributed by atoms with Crippen LogP contribution in [0.5, 0.6) is 0 Å². The minimum atomic E-state index is -0.458. The summed E-state index contributed by atoms with van der Waals surface area (Å²) in [5.74, 6) is 6.23. The molecule has 0 aliphatic rings. The maximum atomic E-state index is 9.03. The normalized spacial score (nSPS) is 12.2. The summed E-state index contributed by atoms with van der Waals surface area (Å²) in [7, 11) is 0. The van der Waals surface area contributed by atoms with E-state index in [2.05, 4.69) is 20.7 Å². The van der Waals surface area contributed by atoms with Crippen molar-refractivity contribution in [1.82, 2.24) is 9.97 Å². The number of nitrogens with one attached hydrogen (secondary N) is 2. The molecule has 0 aliphatic heterocycles. The van der Waals surface area contributed by atoms with Crippen LogP contribution in [0.1, 0.15) is 6.92 Å². The minimum Gasteiger partial charge on any atom is -0.392 e. The number of nitrogen functional groups attached to an aromatic ring is 2. The molecular formula is C7H14N6O. The molecule has 1 atom stereocenters. The summed E-state index contributed by atoms with van der Waals surface area (Å²) >= 11 is 0. The Morgan fingerprint density at radius 1 is 1.50 bits per heavy atom. The lowest BCUT2D eigenvalue weighted by atomic mass is 10.4. The molecule has 78 valence electrons. The number of nitrogens with zero attached hydrogens (tertiary/aromatic N) is 2. The fourth-order valence-electron chi connectivity index (χ4n) is 0.883. The number of rotatable bonds is 4. The number of hydrogen-bond acceptors (Lipinski definition) is 7. The Morgan fingerprint density at radius 2 is 2.14 bits per heavy atom. The fraction of sp³-hybridized carbons (Fsp3) is 0.429. The van der Waals surface area contributed by atoms with Gasteiger partial charge in [-0.05, 0) is 6.92 Å². The molecule has 0 bridgehead atoms. The number of aliphatic hydroxyl groups is 1. The Morgan fingerprint density at radius 3 is 2.71 bits per heavy atom. The molecule has 0 saturated heterocycles. The molecule has 0 spiro atoms. The molecule has 0 radical (unpaired) electrons. The Kier molecular flexibility index (Phi) is 3.43. The molecule has 1 heterocycles. The van der Waals surface area contributed by atoms with Crippen molar-refractivity contribution in [2.75, 3.05) is 23.0 Å². The van der Waals surface area contributed by atoms with Crippen LogP contribution < -0.4 is 22.3 Å². The van der Waals surface area contributed by atoms with Crippen molar-refractivity contribution in [2.24, 2.45) is 5.84 Å². The molecule has 1 aromatic heterocycles. The van der Waals surface area contributed by atoms with Crippen LogP contribution in [0.25, 0.3) is 0 Å². The van der Waals surface area contributed by atoms with Gasteiger partial charge in [-0.1, -0.05) is 0 Å². The zero-order chi connectivity index (χ0) is 10.6. The first-order chi connectivity index (χ1) is 6.61. The number of anilines is 3. The van der Waals surface area contributed by atoms with E-state index in [4.69, 9.17) is 16.7 Å². The van der Waals surface area contributed by atoms with Crippen molar-refractivity contribution in [2.45, 2.75) is 13.0 Å². The monoisotopic (exact) mass is 198 g/mol. The number of aromatic nitrogens is 2. The van der Waals surface area contributed by atoms with Gasteiger partial charge in [-0.15, -0.1) is 0 Å². The number of nitrogens with two attached hydrogens (primary N) is 2. The predicted octanol–water partition coefficient (Wildman–Crippen LogP) is -0.863. The average molecular weight is 198 g/mol. The molecule has 1 rings (SSSR count). The zero-order valence-corrected chi connectivity index (χ0v) is 7.86. The summed E-state index contributed by atoms with van der Waals surface area (Å²) in [6.07, 6.45) is -0.458. The Labute approximate surface area is 81.5 Å². The molecule has 7 N–H and O–H groups in total. The highest BCUT2D eigenvalue weighted by Crippen LogP contribution is 2.10. The zero-order valence-electron chi connectivity index (χ0n) is 7.86. The van der Waals surface area contributed by atoms with Gasteiger partial charge < -0.3 is 21.6 Å². The molecule has 0 aromatic carbocycles. The topological polar surface area (TPSA) is 122 Å². The van der Waals surface area contributed by atoms with Crippen LogP contribution in [-0.4, -0.2) is 27.7 Å². The second-order valence-corrected chi connectivity index (χ2v) is 2.87. The van der Waals surface area contributed by atoms with E-state index < -0.39 is 6.10 Å². The second kappa shape index (κ2) is 4.58. The van der Waals surface area contributed by atoms with E-state index in [0.717, 1.165) is 0 Å². The highest BCUT2D eigenvalue weighted by atomic mass is 16.3. The number of hydrazine groups is 1. The van der Waals surface area contributed by atoms with Crippen LogP contribution in [0.2, 0.25) is 0 Å². The van der Waals surface area contributed by atoms with Gasteiger partial charge in [-0.2, -0.15) is 9.97 Å². The first kappa shape index (κ1) is 10.5.